The Balaban J connectivity index is 3.08. The highest BCUT2D eigenvalue weighted by molar-refractivity contribution is 6.05. The predicted molar refractivity (Wildman–Crippen MR) is 52.5 cm³/mol. The van der Waals surface area contributed by atoms with Gasteiger partial charge in [0.05, 0.1) is 0 Å². The van der Waals surface area contributed by atoms with E-state index in [2.05, 4.69) is 16.7 Å². The molecule has 1 heterocycles. The molecule has 1 aliphatic rings. The second-order valence-corrected chi connectivity index (χ2v) is 2.70. The number of hydrogen-bond donors (Lipinski definition) is 0. The van der Waals surface area contributed by atoms with Crippen LogP contribution in [0.2, 0.25) is 0 Å². The first-order valence-corrected chi connectivity index (χ1v) is 3.75. The summed E-state index contributed by atoms with van der Waals surface area (Å²) in [4.78, 5) is 9.87. The lowest BCUT2D eigenvalue weighted by atomic mass is 10.1. The summed E-state index contributed by atoms with van der Waals surface area (Å²) in [5.41, 5.74) is 2.22. The third-order valence-corrected chi connectivity index (χ3v) is 1.82. The Hall–Kier alpha value is -1.38. The van der Waals surface area contributed by atoms with E-state index in [9.17, 15) is 0 Å². The Morgan fingerprint density at radius 1 is 1.58 bits per heavy atom. The Labute approximate surface area is 72.8 Å². The lowest BCUT2D eigenvalue weighted by molar-refractivity contribution is 0.701. The predicted octanol–water partition coefficient (Wildman–Crippen LogP) is 1.45. The van der Waals surface area contributed by atoms with Crippen LogP contribution < -0.4 is 0 Å². The molecule has 1 rings (SSSR count). The van der Waals surface area contributed by atoms with Crippen molar-refractivity contribution in [3.63, 3.8) is 0 Å². The monoisotopic (exact) mass is 163 g/mol. The van der Waals surface area contributed by atoms with E-state index in [1.165, 1.54) is 5.57 Å². The van der Waals surface area contributed by atoms with Gasteiger partial charge in [-0.3, -0.25) is 9.98 Å². The van der Waals surface area contributed by atoms with Gasteiger partial charge in [-0.1, -0.05) is 0 Å². The molecule has 0 atom stereocenters. The highest BCUT2D eigenvalue weighted by Crippen LogP contribution is 2.21. The fraction of sp³-hybridized carbons (Fsp3) is 0.333. The third kappa shape index (κ3) is 1.30. The van der Waals surface area contributed by atoms with Gasteiger partial charge in [0, 0.05) is 32.1 Å². The normalized spacial score (nSPS) is 23.6. The largest absolute Gasteiger partial charge is 0.336 e. The minimum Gasteiger partial charge on any atom is -0.336 e. The first-order valence-electron chi connectivity index (χ1n) is 3.75. The molecule has 0 N–H and O–H groups in total. The molecule has 3 nitrogen and oxygen atoms in total. The van der Waals surface area contributed by atoms with Crippen LogP contribution in [0.5, 0.6) is 0 Å². The number of hydrogen-bond acceptors (Lipinski definition) is 2. The van der Waals surface area contributed by atoms with E-state index >= 15 is 0 Å². The summed E-state index contributed by atoms with van der Waals surface area (Å²) in [5, 5.41) is 0. The Morgan fingerprint density at radius 2 is 2.25 bits per heavy atom. The van der Waals surface area contributed by atoms with E-state index in [4.69, 9.17) is 0 Å². The number of nitrogens with zero attached hydrogens (tertiary/aromatic N) is 3. The highest BCUT2D eigenvalue weighted by Gasteiger charge is 2.18. The minimum atomic E-state index is 0.944. The van der Waals surface area contributed by atoms with Crippen molar-refractivity contribution in [2.24, 2.45) is 9.98 Å². The number of amidine groups is 1. The summed E-state index contributed by atoms with van der Waals surface area (Å²) < 4.78 is 0. The van der Waals surface area contributed by atoms with Crippen LogP contribution in [-0.2, 0) is 0 Å². The third-order valence-electron chi connectivity index (χ3n) is 1.82. The molecule has 0 fully saturated rings. The molecule has 0 amide bonds. The summed E-state index contributed by atoms with van der Waals surface area (Å²) in [6.07, 6.45) is 3.76. The van der Waals surface area contributed by atoms with Crippen molar-refractivity contribution < 1.29 is 0 Å². The fourth-order valence-electron chi connectivity index (χ4n) is 1.32. The van der Waals surface area contributed by atoms with Gasteiger partial charge in [0.15, 0.2) is 0 Å². The van der Waals surface area contributed by atoms with Gasteiger partial charge in [0.25, 0.3) is 0 Å². The van der Waals surface area contributed by atoms with Crippen LogP contribution in [0.3, 0.4) is 0 Å². The summed E-state index contributed by atoms with van der Waals surface area (Å²) in [7, 11) is 3.74. The molecular weight excluding hydrogens is 150 g/mol. The van der Waals surface area contributed by atoms with Crippen molar-refractivity contribution >= 4 is 12.6 Å². The Morgan fingerprint density at radius 3 is 2.75 bits per heavy atom. The van der Waals surface area contributed by atoms with E-state index in [1.54, 1.807) is 13.2 Å². The number of aliphatic imine (C=N–C) groups is 2. The summed E-state index contributed by atoms with van der Waals surface area (Å²) in [5.74, 6) is 0.944. The molecule has 0 unspecified atom stereocenters. The second kappa shape index (κ2) is 3.34. The van der Waals surface area contributed by atoms with Gasteiger partial charge in [0.2, 0.25) is 0 Å². The van der Waals surface area contributed by atoms with Crippen molar-refractivity contribution in [1.29, 1.82) is 0 Å². The standard InChI is InChI=1S/C9H13N3/c1-7-6-12(4)9(11-3)8(7)5-10-2/h5-6H,2H2,1,3-4H3/b8-5-,11-9+. The highest BCUT2D eigenvalue weighted by atomic mass is 15.2. The number of likely N-dealkylation sites (N-methyl/N-ethyl adjacent to an activating group) is 1. The maximum Gasteiger partial charge on any atom is 0.136 e. The molecule has 3 heteroatoms. The maximum atomic E-state index is 4.15. The van der Waals surface area contributed by atoms with E-state index in [0.29, 0.717) is 0 Å². The molecule has 1 aliphatic heterocycles. The molecule has 0 bridgehead atoms. The Kier molecular flexibility index (Phi) is 2.43. The van der Waals surface area contributed by atoms with Gasteiger partial charge in [0.1, 0.15) is 5.84 Å². The zero-order chi connectivity index (χ0) is 9.14. The van der Waals surface area contributed by atoms with Crippen LogP contribution in [0.1, 0.15) is 6.92 Å². The van der Waals surface area contributed by atoms with Crippen molar-refractivity contribution in [3.05, 3.63) is 23.5 Å². The van der Waals surface area contributed by atoms with Gasteiger partial charge in [-0.25, -0.2) is 0 Å². The van der Waals surface area contributed by atoms with Crippen LogP contribution in [0.25, 0.3) is 0 Å². The van der Waals surface area contributed by atoms with Crippen molar-refractivity contribution in [2.75, 3.05) is 14.1 Å². The topological polar surface area (TPSA) is 28.0 Å². The lowest BCUT2D eigenvalue weighted by Gasteiger charge is -2.08. The molecule has 0 aromatic rings. The van der Waals surface area contributed by atoms with Gasteiger partial charge < -0.3 is 4.90 Å². The van der Waals surface area contributed by atoms with Crippen molar-refractivity contribution in [3.8, 4) is 0 Å². The molecule has 0 saturated heterocycles. The summed E-state index contributed by atoms with van der Waals surface area (Å²) in [6.45, 7) is 5.46. The minimum absolute atomic E-state index is 0.944. The smallest absolute Gasteiger partial charge is 0.136 e. The quantitative estimate of drug-likeness (QED) is 0.538. The van der Waals surface area contributed by atoms with Gasteiger partial charge in [-0.2, -0.15) is 0 Å². The zero-order valence-corrected chi connectivity index (χ0v) is 7.70. The van der Waals surface area contributed by atoms with E-state index < -0.39 is 0 Å². The van der Waals surface area contributed by atoms with Crippen LogP contribution in [-0.4, -0.2) is 31.5 Å². The fourth-order valence-corrected chi connectivity index (χ4v) is 1.32. The summed E-state index contributed by atoms with van der Waals surface area (Å²) >= 11 is 0. The molecule has 0 saturated carbocycles. The summed E-state index contributed by atoms with van der Waals surface area (Å²) in [6, 6.07) is 0. The zero-order valence-electron chi connectivity index (χ0n) is 7.70. The average Bonchev–Trinajstić information content (AvgIpc) is 2.28. The first kappa shape index (κ1) is 8.71. The van der Waals surface area contributed by atoms with E-state index in [-0.39, 0.29) is 0 Å². The van der Waals surface area contributed by atoms with Gasteiger partial charge in [-0.05, 0) is 19.2 Å². The molecule has 64 valence electrons. The van der Waals surface area contributed by atoms with Crippen molar-refractivity contribution in [2.45, 2.75) is 6.92 Å². The van der Waals surface area contributed by atoms with Crippen molar-refractivity contribution in [1.82, 2.24) is 4.90 Å². The molecule has 0 spiro atoms. The Bertz CT molecular complexity index is 284. The second-order valence-electron chi connectivity index (χ2n) is 2.70. The molecule has 0 aromatic heterocycles. The number of rotatable bonds is 1. The van der Waals surface area contributed by atoms with E-state index in [0.717, 1.165) is 11.4 Å². The van der Waals surface area contributed by atoms with E-state index in [1.807, 2.05) is 25.1 Å². The molecule has 12 heavy (non-hydrogen) atoms. The lowest BCUT2D eigenvalue weighted by Crippen LogP contribution is -2.16. The SMILES string of the molecule is C=N/C=C1/C(C)=CN(C)/C1=N/C. The van der Waals surface area contributed by atoms with Gasteiger partial charge in [-0.15, -0.1) is 0 Å². The van der Waals surface area contributed by atoms with Crippen LogP contribution >= 0.6 is 0 Å². The molecule has 0 radical (unpaired) electrons. The van der Waals surface area contributed by atoms with Crippen LogP contribution in [0, 0.1) is 0 Å². The van der Waals surface area contributed by atoms with Gasteiger partial charge >= 0.3 is 0 Å². The molecule has 0 aliphatic carbocycles. The molecule has 0 aromatic carbocycles. The first-order chi connectivity index (χ1) is 5.70. The average molecular weight is 163 g/mol. The van der Waals surface area contributed by atoms with Crippen LogP contribution in [0.4, 0.5) is 0 Å². The van der Waals surface area contributed by atoms with Crippen LogP contribution in [0.15, 0.2) is 33.5 Å². The molecular formula is C9H13N3. The maximum absolute atomic E-state index is 4.15.